The quantitative estimate of drug-likeness (QED) is 0.734. The summed E-state index contributed by atoms with van der Waals surface area (Å²) < 4.78 is 1.74. The maximum absolute atomic E-state index is 12.3. The van der Waals surface area contributed by atoms with E-state index >= 15 is 0 Å². The SMILES string of the molecule is Cc1c(C(=O)NCC#Cc2cccc(Cl)c2)cnn1-c1ccccc1. The second kappa shape index (κ2) is 7.69. The Kier molecular flexibility index (Phi) is 5.17. The highest BCUT2D eigenvalue weighted by molar-refractivity contribution is 6.30. The summed E-state index contributed by atoms with van der Waals surface area (Å²) in [6.07, 6.45) is 1.57. The van der Waals surface area contributed by atoms with E-state index in [4.69, 9.17) is 11.6 Å². The minimum atomic E-state index is -0.194. The van der Waals surface area contributed by atoms with Crippen molar-refractivity contribution >= 4 is 17.5 Å². The fourth-order valence-corrected chi connectivity index (χ4v) is 2.58. The van der Waals surface area contributed by atoms with Gasteiger partial charge in [-0.3, -0.25) is 4.79 Å². The summed E-state index contributed by atoms with van der Waals surface area (Å²) in [6, 6.07) is 17.0. The number of carbonyl (C=O) groups is 1. The van der Waals surface area contributed by atoms with Crippen LogP contribution in [0.5, 0.6) is 0 Å². The van der Waals surface area contributed by atoms with E-state index in [0.717, 1.165) is 16.9 Å². The third-order valence-corrected chi connectivity index (χ3v) is 3.88. The standard InChI is InChI=1S/C20H16ClN3O/c1-15-19(14-23-24(15)18-10-3-2-4-11-18)20(25)22-12-6-8-16-7-5-9-17(21)13-16/h2-5,7,9-11,13-14H,12H2,1H3,(H,22,25). The van der Waals surface area contributed by atoms with Crippen molar-refractivity contribution in [2.45, 2.75) is 6.92 Å². The Balaban J connectivity index is 1.66. The van der Waals surface area contributed by atoms with E-state index < -0.39 is 0 Å². The lowest BCUT2D eigenvalue weighted by atomic mass is 10.2. The molecule has 1 aromatic heterocycles. The topological polar surface area (TPSA) is 46.9 Å². The van der Waals surface area contributed by atoms with Gasteiger partial charge in [0.1, 0.15) is 0 Å². The van der Waals surface area contributed by atoms with Gasteiger partial charge in [0.15, 0.2) is 0 Å². The molecule has 0 spiro atoms. The fourth-order valence-electron chi connectivity index (χ4n) is 2.39. The zero-order chi connectivity index (χ0) is 17.6. The number of para-hydroxylation sites is 1. The largest absolute Gasteiger partial charge is 0.341 e. The number of benzene rings is 2. The Labute approximate surface area is 151 Å². The van der Waals surface area contributed by atoms with E-state index in [2.05, 4.69) is 22.3 Å². The highest BCUT2D eigenvalue weighted by atomic mass is 35.5. The monoisotopic (exact) mass is 349 g/mol. The molecule has 0 saturated heterocycles. The second-order valence-corrected chi connectivity index (χ2v) is 5.82. The van der Waals surface area contributed by atoms with Gasteiger partial charge in [-0.05, 0) is 37.3 Å². The van der Waals surface area contributed by atoms with Crippen LogP contribution in [0.2, 0.25) is 5.02 Å². The summed E-state index contributed by atoms with van der Waals surface area (Å²) in [5.74, 6) is 5.69. The van der Waals surface area contributed by atoms with E-state index in [1.54, 1.807) is 23.0 Å². The number of rotatable bonds is 3. The number of halogens is 1. The molecule has 124 valence electrons. The van der Waals surface area contributed by atoms with Crippen LogP contribution in [-0.4, -0.2) is 22.2 Å². The molecule has 25 heavy (non-hydrogen) atoms. The minimum Gasteiger partial charge on any atom is -0.341 e. The van der Waals surface area contributed by atoms with E-state index in [-0.39, 0.29) is 12.5 Å². The molecule has 3 aromatic rings. The molecule has 0 radical (unpaired) electrons. The maximum atomic E-state index is 12.3. The molecule has 0 aliphatic heterocycles. The van der Waals surface area contributed by atoms with Gasteiger partial charge in [-0.25, -0.2) is 4.68 Å². The van der Waals surface area contributed by atoms with Crippen LogP contribution >= 0.6 is 11.6 Å². The molecule has 3 rings (SSSR count). The maximum Gasteiger partial charge on any atom is 0.255 e. The summed E-state index contributed by atoms with van der Waals surface area (Å²) >= 11 is 5.91. The number of hydrogen-bond donors (Lipinski definition) is 1. The molecular weight excluding hydrogens is 334 g/mol. The van der Waals surface area contributed by atoms with Crippen LogP contribution in [0.4, 0.5) is 0 Å². The molecular formula is C20H16ClN3O. The zero-order valence-electron chi connectivity index (χ0n) is 13.7. The van der Waals surface area contributed by atoms with Crippen molar-refractivity contribution in [1.29, 1.82) is 0 Å². The number of nitrogens with one attached hydrogen (secondary N) is 1. The van der Waals surface area contributed by atoms with Crippen LogP contribution in [0.15, 0.2) is 60.8 Å². The Morgan fingerprint density at radius 1 is 1.20 bits per heavy atom. The van der Waals surface area contributed by atoms with Crippen LogP contribution in [0.1, 0.15) is 21.6 Å². The molecule has 0 aliphatic carbocycles. The van der Waals surface area contributed by atoms with Crippen molar-refractivity contribution in [2.24, 2.45) is 0 Å². The highest BCUT2D eigenvalue weighted by Crippen LogP contribution is 2.13. The molecule has 1 heterocycles. The molecule has 1 amide bonds. The van der Waals surface area contributed by atoms with Crippen molar-refractivity contribution < 1.29 is 4.79 Å². The van der Waals surface area contributed by atoms with Gasteiger partial charge in [-0.2, -0.15) is 5.10 Å². The van der Waals surface area contributed by atoms with Crippen molar-refractivity contribution in [3.63, 3.8) is 0 Å². The van der Waals surface area contributed by atoms with Crippen LogP contribution < -0.4 is 5.32 Å². The predicted molar refractivity (Wildman–Crippen MR) is 99.0 cm³/mol. The number of nitrogens with zero attached hydrogens (tertiary/aromatic N) is 2. The fraction of sp³-hybridized carbons (Fsp3) is 0.100. The summed E-state index contributed by atoms with van der Waals surface area (Å²) in [5, 5.41) is 7.73. The summed E-state index contributed by atoms with van der Waals surface area (Å²) in [6.45, 7) is 2.12. The van der Waals surface area contributed by atoms with Crippen LogP contribution in [-0.2, 0) is 0 Å². The molecule has 0 bridgehead atoms. The molecule has 0 fully saturated rings. The van der Waals surface area contributed by atoms with Gasteiger partial charge in [-0.15, -0.1) is 0 Å². The molecule has 0 saturated carbocycles. The van der Waals surface area contributed by atoms with Gasteiger partial charge in [0.05, 0.1) is 29.7 Å². The molecule has 0 atom stereocenters. The van der Waals surface area contributed by atoms with Gasteiger partial charge >= 0.3 is 0 Å². The lowest BCUT2D eigenvalue weighted by Gasteiger charge is -2.05. The zero-order valence-corrected chi connectivity index (χ0v) is 14.4. The van der Waals surface area contributed by atoms with Crippen LogP contribution in [0, 0.1) is 18.8 Å². The van der Waals surface area contributed by atoms with E-state index in [1.165, 1.54) is 0 Å². The Morgan fingerprint density at radius 3 is 2.76 bits per heavy atom. The number of aromatic nitrogens is 2. The van der Waals surface area contributed by atoms with Gasteiger partial charge < -0.3 is 5.32 Å². The molecule has 5 heteroatoms. The third-order valence-electron chi connectivity index (χ3n) is 3.65. The molecule has 2 aromatic carbocycles. The first kappa shape index (κ1) is 16.8. The van der Waals surface area contributed by atoms with Crippen molar-refractivity contribution in [1.82, 2.24) is 15.1 Å². The van der Waals surface area contributed by atoms with Gasteiger partial charge in [-0.1, -0.05) is 47.7 Å². The summed E-state index contributed by atoms with van der Waals surface area (Å²) in [5.41, 5.74) is 3.05. The lowest BCUT2D eigenvalue weighted by molar-refractivity contribution is 0.0958. The number of amides is 1. The predicted octanol–water partition coefficient (Wildman–Crippen LogP) is 3.62. The van der Waals surface area contributed by atoms with Gasteiger partial charge in [0.25, 0.3) is 5.91 Å². The average Bonchev–Trinajstić information content (AvgIpc) is 3.01. The normalized spacial score (nSPS) is 10.0. The van der Waals surface area contributed by atoms with E-state index in [1.807, 2.05) is 49.4 Å². The van der Waals surface area contributed by atoms with E-state index in [0.29, 0.717) is 10.6 Å². The van der Waals surface area contributed by atoms with Crippen molar-refractivity contribution in [2.75, 3.05) is 6.54 Å². The van der Waals surface area contributed by atoms with Crippen molar-refractivity contribution in [3.8, 4) is 17.5 Å². The molecule has 4 nitrogen and oxygen atoms in total. The number of carbonyl (C=O) groups excluding carboxylic acids is 1. The first-order valence-electron chi connectivity index (χ1n) is 7.78. The molecule has 1 N–H and O–H groups in total. The first-order valence-corrected chi connectivity index (χ1v) is 8.15. The second-order valence-electron chi connectivity index (χ2n) is 5.39. The van der Waals surface area contributed by atoms with Gasteiger partial charge in [0, 0.05) is 10.6 Å². The van der Waals surface area contributed by atoms with Crippen molar-refractivity contribution in [3.05, 3.63) is 82.6 Å². The minimum absolute atomic E-state index is 0.194. The lowest BCUT2D eigenvalue weighted by Crippen LogP contribution is -2.24. The highest BCUT2D eigenvalue weighted by Gasteiger charge is 2.14. The number of hydrogen-bond acceptors (Lipinski definition) is 2. The smallest absolute Gasteiger partial charge is 0.255 e. The average molecular weight is 350 g/mol. The Bertz CT molecular complexity index is 952. The molecule has 0 unspecified atom stereocenters. The summed E-state index contributed by atoms with van der Waals surface area (Å²) in [4.78, 5) is 12.3. The van der Waals surface area contributed by atoms with Gasteiger partial charge in [0.2, 0.25) is 0 Å². The Morgan fingerprint density at radius 2 is 2.00 bits per heavy atom. The van der Waals surface area contributed by atoms with Crippen LogP contribution in [0.3, 0.4) is 0 Å². The van der Waals surface area contributed by atoms with Crippen LogP contribution in [0.25, 0.3) is 5.69 Å². The Hall–Kier alpha value is -3.03. The first-order chi connectivity index (χ1) is 12.1. The molecule has 0 aliphatic rings. The van der Waals surface area contributed by atoms with E-state index in [9.17, 15) is 4.79 Å². The summed E-state index contributed by atoms with van der Waals surface area (Å²) in [7, 11) is 0. The third kappa shape index (κ3) is 4.09.